The van der Waals surface area contributed by atoms with Gasteiger partial charge in [0.2, 0.25) is 0 Å². The normalized spacial score (nSPS) is 12.8. The van der Waals surface area contributed by atoms with Gasteiger partial charge in [0.1, 0.15) is 17.8 Å². The van der Waals surface area contributed by atoms with Crippen LogP contribution >= 0.6 is 11.3 Å². The minimum atomic E-state index is -4.40. The number of fused-ring (bicyclic) bond motifs is 2. The second-order valence-electron chi connectivity index (χ2n) is 9.26. The summed E-state index contributed by atoms with van der Waals surface area (Å²) in [5.74, 6) is 1.85. The van der Waals surface area contributed by atoms with Gasteiger partial charge in [0, 0.05) is 27.6 Å². The number of phenolic OH excluding ortho intramolecular Hbond substituents is 1. The Bertz CT molecular complexity index is 1680. The van der Waals surface area contributed by atoms with Gasteiger partial charge < -0.3 is 15.3 Å². The summed E-state index contributed by atoms with van der Waals surface area (Å²) in [6.45, 7) is 0.826. The first-order chi connectivity index (χ1) is 19.3. The molecule has 0 saturated heterocycles. The standard InChI is InChI=1S/C29H23F3N6OS/c30-29(31,32)20-9-5-19(6-10-20)15-38-17-34-37-25-27(33-14-13-18-7-11-21(39)12-8-18)35-26(36-28(25)38)23-16-40-24-4-2-1-3-22(23)24/h1-12,16-17,37,39H,13-15H2,(H,33,35,36). The second kappa shape index (κ2) is 10.5. The lowest BCUT2D eigenvalue weighted by atomic mass is 10.1. The van der Waals surface area contributed by atoms with Crippen molar-refractivity contribution in [3.8, 4) is 17.1 Å². The van der Waals surface area contributed by atoms with Crippen LogP contribution in [0.5, 0.6) is 5.75 Å². The van der Waals surface area contributed by atoms with Crippen molar-refractivity contribution in [2.45, 2.75) is 19.1 Å². The highest BCUT2D eigenvalue weighted by molar-refractivity contribution is 7.17. The van der Waals surface area contributed by atoms with E-state index < -0.39 is 11.7 Å². The van der Waals surface area contributed by atoms with E-state index in [0.717, 1.165) is 33.3 Å². The fourth-order valence-electron chi connectivity index (χ4n) is 4.48. The highest BCUT2D eigenvalue weighted by Gasteiger charge is 2.30. The number of thiophene rings is 1. The Kier molecular flexibility index (Phi) is 6.72. The zero-order valence-corrected chi connectivity index (χ0v) is 21.8. The quantitative estimate of drug-likeness (QED) is 0.197. The van der Waals surface area contributed by atoms with E-state index in [4.69, 9.17) is 9.97 Å². The van der Waals surface area contributed by atoms with E-state index in [1.54, 1.807) is 34.7 Å². The third-order valence-corrected chi connectivity index (χ3v) is 7.50. The SMILES string of the molecule is Oc1ccc(CCNc2nc(-c3csc4ccccc34)nc3c2NN=CN3Cc2ccc(C(F)(F)F)cc2)cc1. The molecule has 11 heteroatoms. The molecule has 3 aromatic carbocycles. The molecule has 0 saturated carbocycles. The molecule has 5 aromatic rings. The molecule has 3 heterocycles. The van der Waals surface area contributed by atoms with E-state index in [2.05, 4.69) is 15.8 Å². The highest BCUT2D eigenvalue weighted by Crippen LogP contribution is 2.39. The van der Waals surface area contributed by atoms with E-state index in [9.17, 15) is 18.3 Å². The number of hydrogen-bond acceptors (Lipinski definition) is 8. The number of anilines is 3. The minimum Gasteiger partial charge on any atom is -0.508 e. The van der Waals surface area contributed by atoms with Gasteiger partial charge in [-0.2, -0.15) is 18.3 Å². The van der Waals surface area contributed by atoms with Crippen LogP contribution in [0.25, 0.3) is 21.5 Å². The van der Waals surface area contributed by atoms with Crippen molar-refractivity contribution >= 4 is 45.1 Å². The van der Waals surface area contributed by atoms with Crippen LogP contribution in [0.15, 0.2) is 83.3 Å². The van der Waals surface area contributed by atoms with Crippen LogP contribution in [0.1, 0.15) is 16.7 Å². The van der Waals surface area contributed by atoms with Crippen molar-refractivity contribution in [1.82, 2.24) is 9.97 Å². The topological polar surface area (TPSA) is 85.7 Å². The van der Waals surface area contributed by atoms with Crippen LogP contribution < -0.4 is 15.6 Å². The van der Waals surface area contributed by atoms with Crippen LogP contribution in [-0.4, -0.2) is 28.0 Å². The zero-order valence-electron chi connectivity index (χ0n) is 21.0. The van der Waals surface area contributed by atoms with Crippen molar-refractivity contribution in [2.75, 3.05) is 22.2 Å². The number of benzene rings is 3. The van der Waals surface area contributed by atoms with Gasteiger partial charge in [-0.15, -0.1) is 11.3 Å². The maximum Gasteiger partial charge on any atom is 0.416 e. The molecule has 0 bridgehead atoms. The monoisotopic (exact) mass is 560 g/mol. The Balaban J connectivity index is 1.35. The van der Waals surface area contributed by atoms with E-state index in [1.165, 1.54) is 12.1 Å². The predicted octanol–water partition coefficient (Wildman–Crippen LogP) is 7.11. The van der Waals surface area contributed by atoms with Gasteiger partial charge in [-0.1, -0.05) is 42.5 Å². The first-order valence-corrected chi connectivity index (χ1v) is 13.4. The number of hydrazone groups is 1. The smallest absolute Gasteiger partial charge is 0.416 e. The van der Waals surface area contributed by atoms with Gasteiger partial charge >= 0.3 is 6.18 Å². The number of rotatable bonds is 7. The van der Waals surface area contributed by atoms with Crippen LogP contribution in [0, 0.1) is 0 Å². The fourth-order valence-corrected chi connectivity index (χ4v) is 5.42. The molecule has 0 atom stereocenters. The first-order valence-electron chi connectivity index (χ1n) is 12.5. The minimum absolute atomic E-state index is 0.212. The van der Waals surface area contributed by atoms with Crippen LogP contribution in [-0.2, 0) is 19.1 Å². The molecular formula is C29H23F3N6OS. The summed E-state index contributed by atoms with van der Waals surface area (Å²) >= 11 is 1.61. The lowest BCUT2D eigenvalue weighted by Gasteiger charge is -2.27. The van der Waals surface area contributed by atoms with Gasteiger partial charge in [-0.25, -0.2) is 9.97 Å². The first kappa shape index (κ1) is 25.6. The Morgan fingerprint density at radius 1 is 0.925 bits per heavy atom. The van der Waals surface area contributed by atoms with Gasteiger partial charge in [0.05, 0.1) is 12.1 Å². The number of aromatic hydroxyl groups is 1. The molecule has 1 aliphatic heterocycles. The molecule has 40 heavy (non-hydrogen) atoms. The van der Waals surface area contributed by atoms with Gasteiger partial charge in [-0.05, 0) is 47.9 Å². The maximum absolute atomic E-state index is 13.1. The molecule has 202 valence electrons. The van der Waals surface area contributed by atoms with Crippen molar-refractivity contribution in [1.29, 1.82) is 0 Å². The molecule has 0 aliphatic carbocycles. The number of halogens is 3. The number of hydrogen-bond donors (Lipinski definition) is 3. The number of nitrogens with one attached hydrogen (secondary N) is 2. The summed E-state index contributed by atoms with van der Waals surface area (Å²) in [7, 11) is 0. The van der Waals surface area contributed by atoms with Gasteiger partial charge in [0.15, 0.2) is 17.5 Å². The van der Waals surface area contributed by atoms with Gasteiger partial charge in [0.25, 0.3) is 0 Å². The highest BCUT2D eigenvalue weighted by atomic mass is 32.1. The molecule has 3 N–H and O–H groups in total. The summed E-state index contributed by atoms with van der Waals surface area (Å²) in [6.07, 6.45) is -2.13. The number of alkyl halides is 3. The summed E-state index contributed by atoms with van der Waals surface area (Å²) in [5, 5.41) is 20.3. The summed E-state index contributed by atoms with van der Waals surface area (Å²) < 4.78 is 40.3. The van der Waals surface area contributed by atoms with Gasteiger partial charge in [-0.3, -0.25) is 5.43 Å². The average Bonchev–Trinajstić information content (AvgIpc) is 3.38. The lowest BCUT2D eigenvalue weighted by Crippen LogP contribution is -2.28. The molecule has 2 aromatic heterocycles. The molecule has 0 unspecified atom stereocenters. The van der Waals surface area contributed by atoms with Crippen molar-refractivity contribution in [3.63, 3.8) is 0 Å². The Labute approximate surface area is 231 Å². The summed E-state index contributed by atoms with van der Waals surface area (Å²) in [6, 6.07) is 20.1. The van der Waals surface area contributed by atoms with Crippen LogP contribution in [0.4, 0.5) is 30.5 Å². The molecule has 0 radical (unpaired) electrons. The van der Waals surface area contributed by atoms with Crippen molar-refractivity contribution < 1.29 is 18.3 Å². The van der Waals surface area contributed by atoms with E-state index in [0.29, 0.717) is 41.7 Å². The average molecular weight is 561 g/mol. The maximum atomic E-state index is 13.1. The number of phenols is 1. The molecule has 7 nitrogen and oxygen atoms in total. The van der Waals surface area contributed by atoms with E-state index in [1.807, 2.05) is 41.8 Å². The fraction of sp³-hybridized carbons (Fsp3) is 0.138. The van der Waals surface area contributed by atoms with Crippen LogP contribution in [0.2, 0.25) is 0 Å². The number of aromatic nitrogens is 2. The van der Waals surface area contributed by atoms with Crippen molar-refractivity contribution in [2.24, 2.45) is 5.10 Å². The third kappa shape index (κ3) is 5.28. The molecule has 0 spiro atoms. The van der Waals surface area contributed by atoms with E-state index >= 15 is 0 Å². The van der Waals surface area contributed by atoms with Crippen LogP contribution in [0.3, 0.4) is 0 Å². The van der Waals surface area contributed by atoms with E-state index in [-0.39, 0.29) is 12.3 Å². The predicted molar refractivity (Wildman–Crippen MR) is 153 cm³/mol. The second-order valence-corrected chi connectivity index (χ2v) is 10.2. The molecule has 1 aliphatic rings. The zero-order chi connectivity index (χ0) is 27.7. The third-order valence-electron chi connectivity index (χ3n) is 6.53. The Morgan fingerprint density at radius 2 is 1.68 bits per heavy atom. The lowest BCUT2D eigenvalue weighted by molar-refractivity contribution is -0.137. The summed E-state index contributed by atoms with van der Waals surface area (Å²) in [4.78, 5) is 11.5. The summed E-state index contributed by atoms with van der Waals surface area (Å²) in [5.41, 5.74) is 5.50. The Morgan fingerprint density at radius 3 is 2.45 bits per heavy atom. The Hall–Kier alpha value is -4.64. The largest absolute Gasteiger partial charge is 0.508 e. The molecule has 0 fully saturated rings. The molecular weight excluding hydrogens is 537 g/mol. The molecule has 6 rings (SSSR count). The number of nitrogens with zero attached hydrogens (tertiary/aromatic N) is 4. The molecule has 0 amide bonds. The van der Waals surface area contributed by atoms with Crippen molar-refractivity contribution in [3.05, 3.63) is 94.9 Å².